The van der Waals surface area contributed by atoms with E-state index in [1.807, 2.05) is 18.2 Å². The Kier molecular flexibility index (Phi) is 10.2. The summed E-state index contributed by atoms with van der Waals surface area (Å²) in [6, 6.07) is 8.93. The molecule has 0 fully saturated rings. The van der Waals surface area contributed by atoms with Gasteiger partial charge in [0.1, 0.15) is 6.10 Å². The first-order valence-electron chi connectivity index (χ1n) is 9.83. The summed E-state index contributed by atoms with van der Waals surface area (Å²) in [6.45, 7) is 6.62. The predicted molar refractivity (Wildman–Crippen MR) is 104 cm³/mol. The zero-order valence-electron chi connectivity index (χ0n) is 16.8. The van der Waals surface area contributed by atoms with E-state index >= 15 is 0 Å². The number of methoxy groups -OCH3 is 1. The smallest absolute Gasteiger partial charge is 0.338 e. The van der Waals surface area contributed by atoms with Crippen LogP contribution in [0.25, 0.3) is 0 Å². The Morgan fingerprint density at radius 2 is 1.69 bits per heavy atom. The van der Waals surface area contributed by atoms with Gasteiger partial charge in [0.15, 0.2) is 5.78 Å². The average molecular weight is 363 g/mol. The van der Waals surface area contributed by atoms with E-state index in [2.05, 4.69) is 20.8 Å². The second-order valence-electron chi connectivity index (χ2n) is 6.82. The van der Waals surface area contributed by atoms with Crippen LogP contribution in [0.3, 0.4) is 0 Å². The van der Waals surface area contributed by atoms with Crippen LogP contribution in [0.15, 0.2) is 30.3 Å². The van der Waals surface area contributed by atoms with E-state index in [4.69, 9.17) is 9.47 Å². The summed E-state index contributed by atoms with van der Waals surface area (Å²) in [4.78, 5) is 25.0. The highest BCUT2D eigenvalue weighted by Gasteiger charge is 2.38. The highest BCUT2D eigenvalue weighted by atomic mass is 16.5. The molecule has 0 spiro atoms. The molecule has 0 aliphatic carbocycles. The van der Waals surface area contributed by atoms with E-state index in [0.29, 0.717) is 25.0 Å². The molecule has 0 heterocycles. The Labute approximate surface area is 158 Å². The Morgan fingerprint density at radius 3 is 2.23 bits per heavy atom. The van der Waals surface area contributed by atoms with Crippen molar-refractivity contribution >= 4 is 11.8 Å². The van der Waals surface area contributed by atoms with Crippen LogP contribution in [0, 0.1) is 5.41 Å². The highest BCUT2D eigenvalue weighted by molar-refractivity contribution is 5.89. The van der Waals surface area contributed by atoms with Crippen molar-refractivity contribution in [3.8, 4) is 0 Å². The molecule has 0 saturated carbocycles. The van der Waals surface area contributed by atoms with Crippen LogP contribution in [0.1, 0.15) is 76.1 Å². The summed E-state index contributed by atoms with van der Waals surface area (Å²) in [6.07, 6.45) is 5.49. The first-order valence-corrected chi connectivity index (χ1v) is 9.83. The van der Waals surface area contributed by atoms with Crippen molar-refractivity contribution in [1.29, 1.82) is 0 Å². The number of carbonyl (C=O) groups excluding carboxylic acids is 2. The van der Waals surface area contributed by atoms with E-state index < -0.39 is 6.10 Å². The number of hydrogen-bond acceptors (Lipinski definition) is 4. The van der Waals surface area contributed by atoms with Gasteiger partial charge in [-0.3, -0.25) is 4.79 Å². The minimum Gasteiger partial charge on any atom is -0.462 e. The van der Waals surface area contributed by atoms with Crippen molar-refractivity contribution in [2.45, 2.75) is 71.8 Å². The molecule has 0 aliphatic rings. The van der Waals surface area contributed by atoms with Crippen LogP contribution in [-0.2, 0) is 14.3 Å². The first-order chi connectivity index (χ1) is 12.5. The van der Waals surface area contributed by atoms with Crippen LogP contribution in [0.4, 0.5) is 0 Å². The van der Waals surface area contributed by atoms with Crippen LogP contribution in [0.2, 0.25) is 0 Å². The number of carbonyl (C=O) groups is 2. The second-order valence-corrected chi connectivity index (χ2v) is 6.82. The lowest BCUT2D eigenvalue weighted by molar-refractivity contribution is -0.141. The lowest BCUT2D eigenvalue weighted by Gasteiger charge is -2.33. The molecule has 4 nitrogen and oxygen atoms in total. The van der Waals surface area contributed by atoms with Crippen molar-refractivity contribution < 1.29 is 19.1 Å². The van der Waals surface area contributed by atoms with E-state index in [0.717, 1.165) is 32.1 Å². The zero-order chi connectivity index (χ0) is 19.4. The number of hydrogen-bond donors (Lipinski definition) is 0. The van der Waals surface area contributed by atoms with Gasteiger partial charge in [0.2, 0.25) is 0 Å². The number of esters is 1. The molecular weight excluding hydrogens is 328 g/mol. The number of ketones is 1. The summed E-state index contributed by atoms with van der Waals surface area (Å²) in [5, 5.41) is 0. The largest absolute Gasteiger partial charge is 0.462 e. The third-order valence-corrected chi connectivity index (χ3v) is 5.32. The lowest BCUT2D eigenvalue weighted by atomic mass is 9.72. The summed E-state index contributed by atoms with van der Waals surface area (Å²) < 4.78 is 10.8. The van der Waals surface area contributed by atoms with Crippen molar-refractivity contribution in [1.82, 2.24) is 0 Å². The van der Waals surface area contributed by atoms with Gasteiger partial charge in [0, 0.05) is 12.5 Å². The minimum absolute atomic E-state index is 0.202. The Balaban J connectivity index is 2.54. The van der Waals surface area contributed by atoms with Gasteiger partial charge in [-0.25, -0.2) is 4.79 Å². The monoisotopic (exact) mass is 362 g/mol. The standard InChI is InChI=1S/C22H34O4/c1-5-8-16-22(6-2,7-3)20(23)19(25-4)15-12-17-26-21(24)18-13-10-9-11-14-18/h9-11,13-14,19H,5-8,12,15-17H2,1-4H3. The molecule has 0 N–H and O–H groups in total. The number of unbranched alkanes of at least 4 members (excludes halogenated alkanes) is 1. The molecule has 0 radical (unpaired) electrons. The molecule has 0 aliphatic heterocycles. The minimum atomic E-state index is -0.429. The summed E-state index contributed by atoms with van der Waals surface area (Å²) in [7, 11) is 1.59. The molecule has 0 saturated heterocycles. The number of Topliss-reactive ketones (excluding diaryl/α,β-unsaturated/α-hetero) is 1. The van der Waals surface area contributed by atoms with Crippen LogP contribution in [0.5, 0.6) is 0 Å². The van der Waals surface area contributed by atoms with Crippen LogP contribution in [-0.4, -0.2) is 31.6 Å². The fourth-order valence-corrected chi connectivity index (χ4v) is 3.38. The van der Waals surface area contributed by atoms with Gasteiger partial charge in [-0.1, -0.05) is 51.8 Å². The van der Waals surface area contributed by atoms with Gasteiger partial charge in [-0.05, 0) is 44.2 Å². The third kappa shape index (κ3) is 6.24. The second kappa shape index (κ2) is 11.8. The number of benzene rings is 1. The van der Waals surface area contributed by atoms with Gasteiger partial charge in [-0.2, -0.15) is 0 Å². The van der Waals surface area contributed by atoms with Gasteiger partial charge < -0.3 is 9.47 Å². The van der Waals surface area contributed by atoms with E-state index in [9.17, 15) is 9.59 Å². The topological polar surface area (TPSA) is 52.6 Å². The normalized spacial score (nSPS) is 12.6. The highest BCUT2D eigenvalue weighted by Crippen LogP contribution is 2.36. The van der Waals surface area contributed by atoms with Crippen LogP contribution >= 0.6 is 0 Å². The van der Waals surface area contributed by atoms with E-state index in [-0.39, 0.29) is 17.2 Å². The van der Waals surface area contributed by atoms with Gasteiger partial charge in [0.25, 0.3) is 0 Å². The van der Waals surface area contributed by atoms with Gasteiger partial charge in [0.05, 0.1) is 12.2 Å². The summed E-state index contributed by atoms with van der Waals surface area (Å²) >= 11 is 0. The Morgan fingerprint density at radius 1 is 1.04 bits per heavy atom. The molecule has 26 heavy (non-hydrogen) atoms. The van der Waals surface area contributed by atoms with Crippen molar-refractivity contribution in [2.75, 3.05) is 13.7 Å². The molecule has 1 aromatic carbocycles. The SMILES string of the molecule is CCCCC(CC)(CC)C(=O)C(CCCOC(=O)c1ccccc1)OC. The number of rotatable bonds is 13. The molecular formula is C22H34O4. The summed E-state index contributed by atoms with van der Waals surface area (Å²) in [5.74, 6) is -0.127. The molecule has 0 aromatic heterocycles. The zero-order valence-corrected chi connectivity index (χ0v) is 16.8. The molecule has 1 unspecified atom stereocenters. The van der Waals surface area contributed by atoms with Crippen molar-refractivity contribution in [3.05, 3.63) is 35.9 Å². The van der Waals surface area contributed by atoms with E-state index in [1.54, 1.807) is 19.2 Å². The molecule has 1 aromatic rings. The third-order valence-electron chi connectivity index (χ3n) is 5.32. The molecule has 1 rings (SSSR count). The number of ether oxygens (including phenoxy) is 2. The predicted octanol–water partition coefficient (Wildman–Crippen LogP) is 5.20. The maximum Gasteiger partial charge on any atom is 0.338 e. The van der Waals surface area contributed by atoms with E-state index in [1.165, 1.54) is 0 Å². The quantitative estimate of drug-likeness (QED) is 0.357. The molecule has 0 bridgehead atoms. The Hall–Kier alpha value is -1.68. The van der Waals surface area contributed by atoms with Crippen LogP contribution < -0.4 is 0 Å². The fourth-order valence-electron chi connectivity index (χ4n) is 3.38. The average Bonchev–Trinajstić information content (AvgIpc) is 2.69. The van der Waals surface area contributed by atoms with Gasteiger partial charge >= 0.3 is 5.97 Å². The van der Waals surface area contributed by atoms with Gasteiger partial charge in [-0.15, -0.1) is 0 Å². The maximum absolute atomic E-state index is 13.1. The fraction of sp³-hybridized carbons (Fsp3) is 0.636. The molecule has 0 amide bonds. The molecule has 1 atom stereocenters. The molecule has 146 valence electrons. The maximum atomic E-state index is 13.1. The van der Waals surface area contributed by atoms with Crippen molar-refractivity contribution in [2.24, 2.45) is 5.41 Å². The summed E-state index contributed by atoms with van der Waals surface area (Å²) in [5.41, 5.74) is 0.250. The first kappa shape index (κ1) is 22.4. The molecule has 4 heteroatoms. The van der Waals surface area contributed by atoms with Crippen molar-refractivity contribution in [3.63, 3.8) is 0 Å². The Bertz CT molecular complexity index is 534. The lowest BCUT2D eigenvalue weighted by Crippen LogP contribution is -2.39.